The average molecular weight is 364 g/mol. The van der Waals surface area contributed by atoms with Gasteiger partial charge in [-0.2, -0.15) is 15.0 Å². The van der Waals surface area contributed by atoms with Crippen molar-refractivity contribution >= 4 is 0 Å². The number of hydrogen-bond donors (Lipinski definition) is 1. The third-order valence-corrected chi connectivity index (χ3v) is 4.73. The van der Waals surface area contributed by atoms with E-state index in [0.29, 0.717) is 6.54 Å². The Bertz CT molecular complexity index is 794. The molecule has 0 saturated heterocycles. The number of nitrogens with zero attached hydrogens (tertiary/aromatic N) is 4. The molecule has 5 heteroatoms. The lowest BCUT2D eigenvalue weighted by Crippen LogP contribution is -2.31. The van der Waals surface area contributed by atoms with Crippen LogP contribution in [0.15, 0.2) is 60.7 Å². The molecule has 0 amide bonds. The maximum atomic E-state index is 4.78. The van der Waals surface area contributed by atoms with Crippen LogP contribution in [-0.4, -0.2) is 46.1 Å². The maximum absolute atomic E-state index is 4.78. The Kier molecular flexibility index (Phi) is 7.13. The molecule has 0 bridgehead atoms. The van der Waals surface area contributed by atoms with Crippen LogP contribution in [-0.2, 0) is 13.1 Å². The zero-order valence-corrected chi connectivity index (χ0v) is 16.3. The van der Waals surface area contributed by atoms with E-state index in [1.807, 2.05) is 36.4 Å². The van der Waals surface area contributed by atoms with Gasteiger partial charge in [0.05, 0.1) is 6.54 Å². The molecule has 0 aliphatic rings. The zero-order chi connectivity index (χ0) is 18.9. The molecule has 0 aliphatic heterocycles. The van der Waals surface area contributed by atoms with Gasteiger partial charge in [0.1, 0.15) is 11.4 Å². The summed E-state index contributed by atoms with van der Waals surface area (Å²) in [5, 5.41) is 13.1. The first-order valence-corrected chi connectivity index (χ1v) is 9.76. The van der Waals surface area contributed by atoms with Crippen LogP contribution in [0.4, 0.5) is 0 Å². The van der Waals surface area contributed by atoms with E-state index in [1.54, 1.807) is 4.80 Å². The van der Waals surface area contributed by atoms with Gasteiger partial charge in [-0.1, -0.05) is 74.5 Å². The van der Waals surface area contributed by atoms with Crippen molar-refractivity contribution in [1.82, 2.24) is 25.2 Å². The van der Waals surface area contributed by atoms with Gasteiger partial charge >= 0.3 is 0 Å². The zero-order valence-electron chi connectivity index (χ0n) is 16.3. The number of aromatic nitrogens is 3. The molecule has 0 unspecified atom stereocenters. The molecule has 3 aromatic rings. The van der Waals surface area contributed by atoms with Crippen molar-refractivity contribution in [2.45, 2.75) is 26.9 Å². The second kappa shape index (κ2) is 10.00. The van der Waals surface area contributed by atoms with Crippen LogP contribution in [0.5, 0.6) is 0 Å². The van der Waals surface area contributed by atoms with Gasteiger partial charge in [0, 0.05) is 25.2 Å². The molecule has 5 nitrogen and oxygen atoms in total. The van der Waals surface area contributed by atoms with Gasteiger partial charge in [0.2, 0.25) is 0 Å². The van der Waals surface area contributed by atoms with Crippen LogP contribution in [0.25, 0.3) is 11.3 Å². The molecule has 0 spiro atoms. The molecule has 1 N–H and O–H groups in total. The van der Waals surface area contributed by atoms with E-state index < -0.39 is 0 Å². The van der Waals surface area contributed by atoms with Crippen molar-refractivity contribution in [1.29, 1.82) is 0 Å². The quantitative estimate of drug-likeness (QED) is 0.561. The predicted molar refractivity (Wildman–Crippen MR) is 110 cm³/mol. The van der Waals surface area contributed by atoms with Gasteiger partial charge in [-0.25, -0.2) is 0 Å². The number of benzene rings is 2. The Morgan fingerprint density at radius 3 is 2.22 bits per heavy atom. The van der Waals surface area contributed by atoms with Crippen molar-refractivity contribution in [2.24, 2.45) is 0 Å². The summed E-state index contributed by atoms with van der Waals surface area (Å²) in [6.07, 6.45) is 0. The molecular formula is C22H29N5. The lowest BCUT2D eigenvalue weighted by molar-refractivity contribution is 0.302. The number of likely N-dealkylation sites (N-methyl/N-ethyl adjacent to an activating group) is 1. The van der Waals surface area contributed by atoms with Crippen LogP contribution in [0.3, 0.4) is 0 Å². The van der Waals surface area contributed by atoms with Gasteiger partial charge in [-0.3, -0.25) is 0 Å². The highest BCUT2D eigenvalue weighted by molar-refractivity contribution is 5.60. The fraction of sp³-hybridized carbons (Fsp3) is 0.364. The molecule has 0 radical (unpaired) electrons. The molecule has 142 valence electrons. The summed E-state index contributed by atoms with van der Waals surface area (Å²) in [4.78, 5) is 4.22. The van der Waals surface area contributed by atoms with Gasteiger partial charge < -0.3 is 10.2 Å². The Labute approximate surface area is 162 Å². The molecule has 27 heavy (non-hydrogen) atoms. The summed E-state index contributed by atoms with van der Waals surface area (Å²) in [6, 6.07) is 20.6. The summed E-state index contributed by atoms with van der Waals surface area (Å²) < 4.78 is 0. The van der Waals surface area contributed by atoms with Gasteiger partial charge in [-0.15, -0.1) is 0 Å². The van der Waals surface area contributed by atoms with E-state index in [4.69, 9.17) is 10.2 Å². The lowest BCUT2D eigenvalue weighted by Gasteiger charge is -2.17. The van der Waals surface area contributed by atoms with Crippen LogP contribution < -0.4 is 5.32 Å². The van der Waals surface area contributed by atoms with Crippen LogP contribution in [0.1, 0.15) is 25.1 Å². The number of nitrogens with one attached hydrogen (secondary N) is 1. The smallest absolute Gasteiger partial charge is 0.117 e. The normalized spacial score (nSPS) is 11.2. The first-order valence-electron chi connectivity index (χ1n) is 9.76. The van der Waals surface area contributed by atoms with Gasteiger partial charge in [0.15, 0.2) is 0 Å². The summed E-state index contributed by atoms with van der Waals surface area (Å²) in [7, 11) is 0. The van der Waals surface area contributed by atoms with Crippen LogP contribution >= 0.6 is 0 Å². The Hall–Kier alpha value is -2.50. The van der Waals surface area contributed by atoms with E-state index in [-0.39, 0.29) is 0 Å². The monoisotopic (exact) mass is 363 g/mol. The Morgan fingerprint density at radius 1 is 0.889 bits per heavy atom. The third-order valence-electron chi connectivity index (χ3n) is 4.73. The van der Waals surface area contributed by atoms with Crippen LogP contribution in [0, 0.1) is 0 Å². The van der Waals surface area contributed by atoms with E-state index >= 15 is 0 Å². The largest absolute Gasteiger partial charge is 0.310 e. The van der Waals surface area contributed by atoms with Crippen molar-refractivity contribution in [3.8, 4) is 11.3 Å². The second-order valence-corrected chi connectivity index (χ2v) is 6.58. The maximum Gasteiger partial charge on any atom is 0.117 e. The minimum Gasteiger partial charge on any atom is -0.310 e. The first-order chi connectivity index (χ1) is 13.3. The molecule has 1 heterocycles. The molecule has 1 aromatic heterocycles. The second-order valence-electron chi connectivity index (χ2n) is 6.58. The Morgan fingerprint density at radius 2 is 1.56 bits per heavy atom. The lowest BCUT2D eigenvalue weighted by atomic mass is 10.1. The minimum absolute atomic E-state index is 0.681. The van der Waals surface area contributed by atoms with E-state index in [9.17, 15) is 0 Å². The molecule has 0 aliphatic carbocycles. The highest BCUT2D eigenvalue weighted by atomic mass is 15.5. The molecular weight excluding hydrogens is 334 g/mol. The van der Waals surface area contributed by atoms with Crippen molar-refractivity contribution in [3.05, 3.63) is 71.9 Å². The highest BCUT2D eigenvalue weighted by Crippen LogP contribution is 2.20. The predicted octanol–water partition coefficient (Wildman–Crippen LogP) is 3.42. The molecule has 3 rings (SSSR count). The van der Waals surface area contributed by atoms with E-state index in [2.05, 4.69) is 48.3 Å². The van der Waals surface area contributed by atoms with Crippen molar-refractivity contribution in [3.63, 3.8) is 0 Å². The van der Waals surface area contributed by atoms with Crippen LogP contribution in [0.2, 0.25) is 0 Å². The van der Waals surface area contributed by atoms with Crippen molar-refractivity contribution < 1.29 is 0 Å². The van der Waals surface area contributed by atoms with E-state index in [1.165, 1.54) is 5.56 Å². The highest BCUT2D eigenvalue weighted by Gasteiger charge is 2.13. The standard InChI is InChI=1S/C22H29N5/c1-3-26(4-2)16-15-23-17-21-22(20-13-9-6-10-14-20)25-27(24-21)18-19-11-7-5-8-12-19/h5-14,23H,3-4,15-18H2,1-2H3. The summed E-state index contributed by atoms with van der Waals surface area (Å²) in [5.41, 5.74) is 4.27. The fourth-order valence-corrected chi connectivity index (χ4v) is 3.12. The topological polar surface area (TPSA) is 46.0 Å². The summed E-state index contributed by atoms with van der Waals surface area (Å²) in [5.74, 6) is 0. The third kappa shape index (κ3) is 5.49. The summed E-state index contributed by atoms with van der Waals surface area (Å²) in [6.45, 7) is 9.97. The molecule has 0 atom stereocenters. The number of hydrogen-bond acceptors (Lipinski definition) is 4. The van der Waals surface area contributed by atoms with Gasteiger partial charge in [0.25, 0.3) is 0 Å². The molecule has 2 aromatic carbocycles. The summed E-state index contributed by atoms with van der Waals surface area (Å²) >= 11 is 0. The molecule has 0 fully saturated rings. The van der Waals surface area contributed by atoms with Crippen molar-refractivity contribution in [2.75, 3.05) is 26.2 Å². The number of rotatable bonds is 10. The van der Waals surface area contributed by atoms with E-state index in [0.717, 1.165) is 49.7 Å². The Balaban J connectivity index is 1.72. The minimum atomic E-state index is 0.681. The SMILES string of the molecule is CCN(CC)CCNCc1nn(Cc2ccccc2)nc1-c1ccccc1. The first kappa shape index (κ1) is 19.3. The fourth-order valence-electron chi connectivity index (χ4n) is 3.12. The van der Waals surface area contributed by atoms with Gasteiger partial charge in [-0.05, 0) is 18.7 Å². The molecule has 0 saturated carbocycles. The average Bonchev–Trinajstić information content (AvgIpc) is 3.12.